The summed E-state index contributed by atoms with van der Waals surface area (Å²) < 4.78 is 4.98. The Morgan fingerprint density at radius 1 is 1.24 bits per heavy atom. The van der Waals surface area contributed by atoms with Crippen molar-refractivity contribution in [3.05, 3.63) is 52.9 Å². The Hall–Kier alpha value is -2.10. The number of hydrogen-bond acceptors (Lipinski definition) is 3. The zero-order valence-corrected chi connectivity index (χ0v) is 12.7. The Balaban J connectivity index is 1.63. The maximum atomic E-state index is 11.8. The van der Waals surface area contributed by atoms with Crippen molar-refractivity contribution >= 4 is 5.91 Å². The number of rotatable bonds is 7. The molecule has 0 spiro atoms. The summed E-state index contributed by atoms with van der Waals surface area (Å²) in [5, 5.41) is 6.82. The van der Waals surface area contributed by atoms with Gasteiger partial charge in [-0.15, -0.1) is 0 Å². The molecule has 0 radical (unpaired) electrons. The molecule has 0 aliphatic heterocycles. The molecule has 1 N–H and O–H groups in total. The van der Waals surface area contributed by atoms with E-state index in [1.54, 1.807) is 0 Å². The van der Waals surface area contributed by atoms with E-state index in [1.807, 2.05) is 25.1 Å². The van der Waals surface area contributed by atoms with Crippen molar-refractivity contribution in [3.8, 4) is 0 Å². The number of nitrogens with zero attached hydrogens (tertiary/aromatic N) is 1. The molecule has 0 unspecified atom stereocenters. The highest BCUT2D eigenvalue weighted by Crippen LogP contribution is 2.10. The first-order chi connectivity index (χ1) is 10.1. The molecule has 0 saturated carbocycles. The van der Waals surface area contributed by atoms with Crippen LogP contribution in [0, 0.1) is 13.8 Å². The smallest absolute Gasteiger partial charge is 0.220 e. The van der Waals surface area contributed by atoms with Crippen LogP contribution >= 0.6 is 0 Å². The summed E-state index contributed by atoms with van der Waals surface area (Å²) in [6, 6.07) is 10.2. The van der Waals surface area contributed by atoms with E-state index in [0.29, 0.717) is 19.4 Å². The van der Waals surface area contributed by atoms with Crippen LogP contribution in [0.15, 0.2) is 34.9 Å². The van der Waals surface area contributed by atoms with Gasteiger partial charge in [-0.05, 0) is 37.8 Å². The second kappa shape index (κ2) is 7.62. The third kappa shape index (κ3) is 5.06. The van der Waals surface area contributed by atoms with E-state index >= 15 is 0 Å². The van der Waals surface area contributed by atoms with Crippen molar-refractivity contribution in [2.45, 2.75) is 39.5 Å². The lowest BCUT2D eigenvalue weighted by Crippen LogP contribution is -2.25. The van der Waals surface area contributed by atoms with E-state index in [-0.39, 0.29) is 5.91 Å². The molecule has 4 nitrogen and oxygen atoms in total. The van der Waals surface area contributed by atoms with Gasteiger partial charge in [0.05, 0.1) is 5.69 Å². The molecule has 21 heavy (non-hydrogen) atoms. The Labute approximate surface area is 125 Å². The van der Waals surface area contributed by atoms with Crippen LogP contribution in [-0.2, 0) is 17.6 Å². The van der Waals surface area contributed by atoms with Crippen molar-refractivity contribution in [2.75, 3.05) is 6.54 Å². The van der Waals surface area contributed by atoms with E-state index in [4.69, 9.17) is 4.52 Å². The summed E-state index contributed by atoms with van der Waals surface area (Å²) >= 11 is 0. The molecule has 0 bridgehead atoms. The summed E-state index contributed by atoms with van der Waals surface area (Å²) in [6.07, 6.45) is 3.09. The van der Waals surface area contributed by atoms with Gasteiger partial charge in [-0.25, -0.2) is 0 Å². The van der Waals surface area contributed by atoms with Crippen molar-refractivity contribution in [3.63, 3.8) is 0 Å². The topological polar surface area (TPSA) is 55.1 Å². The molecule has 2 aromatic rings. The zero-order chi connectivity index (χ0) is 15.1. The van der Waals surface area contributed by atoms with E-state index in [2.05, 4.69) is 29.5 Å². The predicted molar refractivity (Wildman–Crippen MR) is 82.1 cm³/mol. The fourth-order valence-corrected chi connectivity index (χ4v) is 2.28. The molecule has 1 heterocycles. The van der Waals surface area contributed by atoms with E-state index in [0.717, 1.165) is 24.3 Å². The van der Waals surface area contributed by atoms with Gasteiger partial charge in [-0.2, -0.15) is 0 Å². The Morgan fingerprint density at radius 3 is 2.76 bits per heavy atom. The van der Waals surface area contributed by atoms with E-state index in [1.165, 1.54) is 11.1 Å². The minimum Gasteiger partial charge on any atom is -0.361 e. The zero-order valence-electron chi connectivity index (χ0n) is 12.7. The normalized spacial score (nSPS) is 10.6. The molecule has 1 aromatic heterocycles. The van der Waals surface area contributed by atoms with Crippen LogP contribution in [0.5, 0.6) is 0 Å². The molecule has 112 valence electrons. The predicted octanol–water partition coefficient (Wildman–Crippen LogP) is 2.97. The molecule has 2 rings (SSSR count). The average molecular weight is 286 g/mol. The first kappa shape index (κ1) is 15.3. The van der Waals surface area contributed by atoms with Gasteiger partial charge in [0, 0.05) is 25.5 Å². The first-order valence-corrected chi connectivity index (χ1v) is 7.38. The quantitative estimate of drug-likeness (QED) is 0.851. The molecule has 0 fully saturated rings. The highest BCUT2D eigenvalue weighted by molar-refractivity contribution is 5.75. The molecule has 1 aromatic carbocycles. The van der Waals surface area contributed by atoms with E-state index < -0.39 is 0 Å². The lowest BCUT2D eigenvalue weighted by atomic mass is 10.0. The molecule has 0 aliphatic rings. The van der Waals surface area contributed by atoms with Gasteiger partial charge in [-0.3, -0.25) is 4.79 Å². The third-order valence-electron chi connectivity index (χ3n) is 3.49. The molecule has 0 atom stereocenters. The number of aryl methyl sites for hydroxylation is 3. The largest absolute Gasteiger partial charge is 0.361 e. The van der Waals surface area contributed by atoms with Crippen LogP contribution < -0.4 is 5.32 Å². The van der Waals surface area contributed by atoms with Gasteiger partial charge in [0.25, 0.3) is 0 Å². The number of hydrogen-bond donors (Lipinski definition) is 1. The molecule has 0 aliphatic carbocycles. The minimum absolute atomic E-state index is 0.101. The van der Waals surface area contributed by atoms with Crippen molar-refractivity contribution in [2.24, 2.45) is 0 Å². The number of amides is 1. The minimum atomic E-state index is 0.101. The monoisotopic (exact) mass is 286 g/mol. The second-order valence-corrected chi connectivity index (χ2v) is 5.31. The van der Waals surface area contributed by atoms with Crippen LogP contribution in [0.1, 0.15) is 35.4 Å². The lowest BCUT2D eigenvalue weighted by Gasteiger charge is -2.06. The average Bonchev–Trinajstić information content (AvgIpc) is 2.87. The summed E-state index contributed by atoms with van der Waals surface area (Å²) in [5.74, 6) is 0.901. The van der Waals surface area contributed by atoms with Gasteiger partial charge < -0.3 is 9.84 Å². The lowest BCUT2D eigenvalue weighted by molar-refractivity contribution is -0.121. The van der Waals surface area contributed by atoms with Crippen LogP contribution in [0.25, 0.3) is 0 Å². The van der Waals surface area contributed by atoms with Crippen molar-refractivity contribution in [1.29, 1.82) is 0 Å². The molecular weight excluding hydrogens is 264 g/mol. The number of nitrogens with one attached hydrogen (secondary N) is 1. The third-order valence-corrected chi connectivity index (χ3v) is 3.49. The van der Waals surface area contributed by atoms with Crippen LogP contribution in [-0.4, -0.2) is 17.6 Å². The summed E-state index contributed by atoms with van der Waals surface area (Å²) in [5.41, 5.74) is 3.50. The second-order valence-electron chi connectivity index (χ2n) is 5.31. The fraction of sp³-hybridized carbons (Fsp3) is 0.412. The van der Waals surface area contributed by atoms with Crippen molar-refractivity contribution < 1.29 is 9.32 Å². The van der Waals surface area contributed by atoms with Gasteiger partial charge >= 0.3 is 0 Å². The summed E-state index contributed by atoms with van der Waals surface area (Å²) in [6.45, 7) is 4.57. The van der Waals surface area contributed by atoms with Gasteiger partial charge in [0.1, 0.15) is 5.76 Å². The van der Waals surface area contributed by atoms with Gasteiger partial charge in [0.15, 0.2) is 0 Å². The highest BCUT2D eigenvalue weighted by Gasteiger charge is 2.04. The fourth-order valence-electron chi connectivity index (χ4n) is 2.28. The molecule has 4 heteroatoms. The number of aromatic nitrogens is 1. The molecular formula is C17H22N2O2. The standard InChI is InChI=1S/C17H22N2O2/c1-13-6-3-4-7-15(13)8-5-9-17(20)18-11-10-16-12-14(2)21-19-16/h3-4,6-7,12H,5,8-11H2,1-2H3,(H,18,20). The van der Waals surface area contributed by atoms with Gasteiger partial charge in [0.2, 0.25) is 5.91 Å². The van der Waals surface area contributed by atoms with Crippen LogP contribution in [0.3, 0.4) is 0 Å². The Bertz CT molecular complexity index is 590. The Morgan fingerprint density at radius 2 is 2.05 bits per heavy atom. The van der Waals surface area contributed by atoms with Crippen molar-refractivity contribution in [1.82, 2.24) is 10.5 Å². The number of benzene rings is 1. The highest BCUT2D eigenvalue weighted by atomic mass is 16.5. The maximum Gasteiger partial charge on any atom is 0.220 e. The number of carbonyl (C=O) groups is 1. The van der Waals surface area contributed by atoms with Crippen LogP contribution in [0.4, 0.5) is 0 Å². The van der Waals surface area contributed by atoms with Gasteiger partial charge in [-0.1, -0.05) is 29.4 Å². The summed E-state index contributed by atoms with van der Waals surface area (Å²) in [7, 11) is 0. The Kier molecular flexibility index (Phi) is 5.55. The van der Waals surface area contributed by atoms with E-state index in [9.17, 15) is 4.79 Å². The number of carbonyl (C=O) groups excluding carboxylic acids is 1. The molecule has 1 amide bonds. The molecule has 0 saturated heterocycles. The van der Waals surface area contributed by atoms with Crippen LogP contribution in [0.2, 0.25) is 0 Å². The maximum absolute atomic E-state index is 11.8. The summed E-state index contributed by atoms with van der Waals surface area (Å²) in [4.78, 5) is 11.8. The first-order valence-electron chi connectivity index (χ1n) is 7.38. The SMILES string of the molecule is Cc1cc(CCNC(=O)CCCc2ccccc2C)no1.